The maximum Gasteiger partial charge on any atom is 0.185 e. The second-order valence-corrected chi connectivity index (χ2v) is 7.70. The van der Waals surface area contributed by atoms with E-state index in [-0.39, 0.29) is 23.4 Å². The Labute approximate surface area is 166 Å². The number of carbonyl (C=O) groups excluding carboxylic acids is 1. The number of benzene rings is 1. The van der Waals surface area contributed by atoms with Gasteiger partial charge in [0.2, 0.25) is 0 Å². The number of carbonyl (C=O) groups is 1. The summed E-state index contributed by atoms with van der Waals surface area (Å²) >= 11 is 0. The molecule has 3 aromatic heterocycles. The highest BCUT2D eigenvalue weighted by atomic mass is 19.1. The Morgan fingerprint density at radius 2 is 1.93 bits per heavy atom. The van der Waals surface area contributed by atoms with Gasteiger partial charge in [0, 0.05) is 18.8 Å². The summed E-state index contributed by atoms with van der Waals surface area (Å²) in [6, 6.07) is 10.00. The van der Waals surface area contributed by atoms with Gasteiger partial charge >= 0.3 is 0 Å². The Balaban J connectivity index is 1.73. The van der Waals surface area contributed by atoms with Crippen molar-refractivity contribution in [2.45, 2.75) is 38.5 Å². The molecule has 1 atom stereocenters. The van der Waals surface area contributed by atoms with E-state index in [9.17, 15) is 9.18 Å². The van der Waals surface area contributed by atoms with Crippen molar-refractivity contribution >= 4 is 11.4 Å². The number of nitrogens with zero attached hydrogens (tertiary/aromatic N) is 4. The minimum absolute atomic E-state index is 0.0571. The van der Waals surface area contributed by atoms with Gasteiger partial charge in [-0.3, -0.25) is 4.79 Å². The van der Waals surface area contributed by atoms with Crippen LogP contribution in [0.25, 0.3) is 16.8 Å². The van der Waals surface area contributed by atoms with E-state index in [0.29, 0.717) is 24.2 Å². The highest BCUT2D eigenvalue weighted by molar-refractivity contribution is 5.97. The largest absolute Gasteiger partial charge is 0.469 e. The zero-order chi connectivity index (χ0) is 20.1. The molecule has 0 radical (unpaired) electrons. The third kappa shape index (κ3) is 2.85. The van der Waals surface area contributed by atoms with E-state index >= 15 is 0 Å². The van der Waals surface area contributed by atoms with Crippen LogP contribution in [0.15, 0.2) is 47.1 Å². The first kappa shape index (κ1) is 17.7. The van der Waals surface area contributed by atoms with E-state index in [1.54, 1.807) is 22.9 Å². The molecule has 4 aromatic rings. The van der Waals surface area contributed by atoms with Gasteiger partial charge in [0.05, 0.1) is 23.2 Å². The molecule has 0 spiro atoms. The average Bonchev–Trinajstić information content (AvgIpc) is 3.36. The van der Waals surface area contributed by atoms with Crippen molar-refractivity contribution in [1.82, 2.24) is 19.8 Å². The van der Waals surface area contributed by atoms with Crippen LogP contribution in [0.2, 0.25) is 0 Å². The Bertz CT molecular complexity index is 1210. The quantitative estimate of drug-likeness (QED) is 0.513. The molecule has 146 valence electrons. The number of halogens is 1. The molecule has 3 heterocycles. The van der Waals surface area contributed by atoms with Crippen LogP contribution in [0.5, 0.6) is 0 Å². The van der Waals surface area contributed by atoms with E-state index in [2.05, 4.69) is 10.2 Å². The summed E-state index contributed by atoms with van der Waals surface area (Å²) in [5.41, 5.74) is 4.16. The molecule has 1 aliphatic rings. The Morgan fingerprint density at radius 1 is 1.14 bits per heavy atom. The molecule has 5 rings (SSSR count). The molecular formula is C22H19FN4O2. The number of hydrogen-bond donors (Lipinski definition) is 0. The number of Topliss-reactive ketones (excluding diaryl/α,β-unsaturated/α-hetero) is 1. The predicted molar refractivity (Wildman–Crippen MR) is 104 cm³/mol. The molecular weight excluding hydrogens is 371 g/mol. The van der Waals surface area contributed by atoms with Crippen LogP contribution < -0.4 is 0 Å². The van der Waals surface area contributed by atoms with Gasteiger partial charge in [-0.05, 0) is 35.7 Å². The normalized spacial score (nSPS) is 16.6. The Kier molecular flexibility index (Phi) is 4.04. The summed E-state index contributed by atoms with van der Waals surface area (Å²) in [7, 11) is 0. The minimum atomic E-state index is -0.299. The highest BCUT2D eigenvalue weighted by Crippen LogP contribution is 2.36. The van der Waals surface area contributed by atoms with E-state index in [0.717, 1.165) is 28.3 Å². The molecule has 0 bridgehead atoms. The van der Waals surface area contributed by atoms with Gasteiger partial charge in [-0.25, -0.2) is 8.91 Å². The summed E-state index contributed by atoms with van der Waals surface area (Å²) in [6.45, 7) is 4.09. The van der Waals surface area contributed by atoms with Gasteiger partial charge < -0.3 is 4.42 Å². The van der Waals surface area contributed by atoms with E-state index in [4.69, 9.17) is 9.52 Å². The van der Waals surface area contributed by atoms with Crippen molar-refractivity contribution in [3.8, 4) is 11.1 Å². The van der Waals surface area contributed by atoms with E-state index in [1.807, 2.05) is 26.0 Å². The van der Waals surface area contributed by atoms with Gasteiger partial charge in [-0.15, -0.1) is 10.2 Å². The van der Waals surface area contributed by atoms with Crippen molar-refractivity contribution in [3.05, 3.63) is 71.3 Å². The zero-order valence-electron chi connectivity index (χ0n) is 16.1. The van der Waals surface area contributed by atoms with Crippen LogP contribution in [0.4, 0.5) is 4.39 Å². The summed E-state index contributed by atoms with van der Waals surface area (Å²) in [5.74, 6) is 0.480. The molecule has 29 heavy (non-hydrogen) atoms. The molecule has 1 aromatic carbocycles. The number of furan rings is 1. The number of rotatable bonds is 3. The van der Waals surface area contributed by atoms with Crippen molar-refractivity contribution in [2.24, 2.45) is 0 Å². The van der Waals surface area contributed by atoms with Gasteiger partial charge in [0.1, 0.15) is 11.6 Å². The molecule has 0 saturated carbocycles. The molecule has 1 aliphatic carbocycles. The summed E-state index contributed by atoms with van der Waals surface area (Å²) < 4.78 is 20.7. The molecule has 0 amide bonds. The zero-order valence-corrected chi connectivity index (χ0v) is 16.1. The molecule has 0 fully saturated rings. The lowest BCUT2D eigenvalue weighted by Crippen LogP contribution is -2.24. The van der Waals surface area contributed by atoms with Gasteiger partial charge in [0.15, 0.2) is 17.1 Å². The van der Waals surface area contributed by atoms with Crippen molar-refractivity contribution < 1.29 is 13.6 Å². The van der Waals surface area contributed by atoms with Gasteiger partial charge in [-0.2, -0.15) is 5.10 Å². The number of hydrogen-bond acceptors (Lipinski definition) is 5. The Morgan fingerprint density at radius 3 is 2.62 bits per heavy atom. The third-order valence-electron chi connectivity index (χ3n) is 5.42. The van der Waals surface area contributed by atoms with Gasteiger partial charge in [0.25, 0.3) is 0 Å². The fourth-order valence-electron chi connectivity index (χ4n) is 4.01. The maximum atomic E-state index is 13.5. The first-order valence-electron chi connectivity index (χ1n) is 9.63. The van der Waals surface area contributed by atoms with Crippen molar-refractivity contribution in [3.63, 3.8) is 0 Å². The number of ketones is 1. The molecule has 0 aliphatic heterocycles. The third-order valence-corrected chi connectivity index (χ3v) is 5.42. The Hall–Kier alpha value is -3.35. The second kappa shape index (κ2) is 6.62. The molecule has 6 nitrogen and oxygen atoms in total. The van der Waals surface area contributed by atoms with Gasteiger partial charge in [-0.1, -0.05) is 26.0 Å². The molecule has 0 N–H and O–H groups in total. The van der Waals surface area contributed by atoms with E-state index < -0.39 is 0 Å². The SMILES string of the molecule is CC(C)c1nn2c3c(nnc2c1-c1ccc(F)cc1)C(=O)CC(c1ccco1)C3. The molecule has 1 unspecified atom stereocenters. The molecule has 0 saturated heterocycles. The fraction of sp³-hybridized carbons (Fsp3) is 0.273. The maximum absolute atomic E-state index is 13.5. The monoisotopic (exact) mass is 390 g/mol. The first-order chi connectivity index (χ1) is 14.0. The smallest absolute Gasteiger partial charge is 0.185 e. The van der Waals surface area contributed by atoms with E-state index in [1.165, 1.54) is 12.1 Å². The van der Waals surface area contributed by atoms with Crippen LogP contribution in [0, 0.1) is 5.82 Å². The summed E-state index contributed by atoms with van der Waals surface area (Å²) in [4.78, 5) is 12.7. The van der Waals surface area contributed by atoms with Crippen molar-refractivity contribution in [2.75, 3.05) is 0 Å². The number of aromatic nitrogens is 4. The minimum Gasteiger partial charge on any atom is -0.469 e. The number of fused-ring (bicyclic) bond motifs is 3. The lowest BCUT2D eigenvalue weighted by molar-refractivity contribution is 0.0951. The van der Waals surface area contributed by atoms with Crippen LogP contribution >= 0.6 is 0 Å². The first-order valence-corrected chi connectivity index (χ1v) is 9.63. The fourth-order valence-corrected chi connectivity index (χ4v) is 4.01. The van der Waals surface area contributed by atoms with Crippen LogP contribution in [-0.2, 0) is 6.42 Å². The summed E-state index contributed by atoms with van der Waals surface area (Å²) in [6.07, 6.45) is 2.54. The predicted octanol–water partition coefficient (Wildman–Crippen LogP) is 4.56. The highest BCUT2D eigenvalue weighted by Gasteiger charge is 2.33. The second-order valence-electron chi connectivity index (χ2n) is 7.70. The lowest BCUT2D eigenvalue weighted by atomic mass is 9.87. The summed E-state index contributed by atoms with van der Waals surface area (Å²) in [5, 5.41) is 13.4. The standard InChI is InChI=1S/C22H19FN4O2/c1-12(2)20-19(13-5-7-15(23)8-6-13)22-25-24-21-16(27(22)26-20)10-14(11-17(21)28)18-4-3-9-29-18/h3-9,12,14H,10-11H2,1-2H3. The lowest BCUT2D eigenvalue weighted by Gasteiger charge is -2.21. The topological polar surface area (TPSA) is 73.3 Å². The van der Waals surface area contributed by atoms with Crippen LogP contribution in [0.3, 0.4) is 0 Å². The van der Waals surface area contributed by atoms with Crippen molar-refractivity contribution in [1.29, 1.82) is 0 Å². The van der Waals surface area contributed by atoms with Crippen LogP contribution in [0.1, 0.15) is 59.7 Å². The average molecular weight is 390 g/mol. The van der Waals surface area contributed by atoms with Crippen LogP contribution in [-0.4, -0.2) is 25.6 Å². The molecule has 7 heteroatoms.